The molecule has 2 aromatic heterocycles. The third-order valence-corrected chi connectivity index (χ3v) is 6.48. The van der Waals surface area contributed by atoms with E-state index in [1.54, 1.807) is 6.07 Å². The van der Waals surface area contributed by atoms with Crippen LogP contribution in [0.25, 0.3) is 44.3 Å². The van der Waals surface area contributed by atoms with Gasteiger partial charge in [0.15, 0.2) is 0 Å². The Hall–Kier alpha value is -3.44. The molecule has 0 radical (unpaired) electrons. The monoisotopic (exact) mass is 410 g/mol. The summed E-state index contributed by atoms with van der Waals surface area (Å²) in [4.78, 5) is 3.50. The molecule has 1 aliphatic heterocycles. The van der Waals surface area contributed by atoms with E-state index >= 15 is 0 Å². The number of fused-ring (bicyclic) bond motifs is 2. The van der Waals surface area contributed by atoms with Crippen molar-refractivity contribution in [2.75, 3.05) is 13.1 Å². The Balaban J connectivity index is 1.48. The first kappa shape index (κ1) is 18.3. The summed E-state index contributed by atoms with van der Waals surface area (Å²) in [6.07, 6.45) is 2.33. The summed E-state index contributed by atoms with van der Waals surface area (Å²) < 4.78 is 14.5. The molecule has 0 aliphatic carbocycles. The Morgan fingerprint density at radius 2 is 1.65 bits per heavy atom. The fourth-order valence-electron chi connectivity index (χ4n) is 4.84. The summed E-state index contributed by atoms with van der Waals surface area (Å²) >= 11 is 0. The summed E-state index contributed by atoms with van der Waals surface area (Å²) in [6, 6.07) is 21.6. The Kier molecular flexibility index (Phi) is 4.35. The molecule has 154 valence electrons. The highest BCUT2D eigenvalue weighted by Crippen LogP contribution is 2.36. The van der Waals surface area contributed by atoms with Crippen molar-refractivity contribution in [2.45, 2.75) is 18.8 Å². The van der Waals surface area contributed by atoms with Gasteiger partial charge in [-0.15, -0.1) is 0 Å². The summed E-state index contributed by atoms with van der Waals surface area (Å²) in [5, 5.41) is 13.4. The molecule has 0 bridgehead atoms. The Bertz CT molecular complexity index is 1390. The van der Waals surface area contributed by atoms with E-state index < -0.39 is 0 Å². The van der Waals surface area contributed by atoms with Crippen LogP contribution in [0.5, 0.6) is 0 Å². The zero-order valence-electron chi connectivity index (χ0n) is 17.1. The molecule has 5 heteroatoms. The van der Waals surface area contributed by atoms with Crippen molar-refractivity contribution in [3.8, 4) is 22.5 Å². The van der Waals surface area contributed by atoms with Crippen LogP contribution in [-0.4, -0.2) is 28.3 Å². The number of halogens is 1. The van der Waals surface area contributed by atoms with E-state index in [1.165, 1.54) is 11.6 Å². The first-order valence-electron chi connectivity index (χ1n) is 10.8. The Morgan fingerprint density at radius 1 is 0.806 bits per heavy atom. The number of piperidine rings is 1. The van der Waals surface area contributed by atoms with Crippen molar-refractivity contribution < 1.29 is 4.39 Å². The average molecular weight is 410 g/mol. The maximum atomic E-state index is 14.5. The van der Waals surface area contributed by atoms with Gasteiger partial charge in [0, 0.05) is 21.9 Å². The van der Waals surface area contributed by atoms with Crippen molar-refractivity contribution in [3.05, 3.63) is 78.1 Å². The van der Waals surface area contributed by atoms with Crippen LogP contribution in [-0.2, 0) is 0 Å². The first-order valence-corrected chi connectivity index (χ1v) is 10.8. The highest BCUT2D eigenvalue weighted by molar-refractivity contribution is 6.01. The van der Waals surface area contributed by atoms with Crippen molar-refractivity contribution in [1.82, 2.24) is 20.5 Å². The minimum Gasteiger partial charge on any atom is -0.353 e. The highest BCUT2D eigenvalue weighted by atomic mass is 19.1. The molecule has 4 nitrogen and oxygen atoms in total. The molecule has 31 heavy (non-hydrogen) atoms. The molecule has 1 aliphatic rings. The number of nitrogens with zero attached hydrogens (tertiary/aromatic N) is 1. The fourth-order valence-corrected chi connectivity index (χ4v) is 4.84. The molecule has 0 saturated carbocycles. The third-order valence-electron chi connectivity index (χ3n) is 6.48. The van der Waals surface area contributed by atoms with Gasteiger partial charge in [-0.05, 0) is 73.3 Å². The lowest BCUT2D eigenvalue weighted by atomic mass is 9.89. The SMILES string of the molecule is Fc1ccccc1-c1cccc2[nH]c(-c3n[nH]c4ccc(C5CCNCC5)cc34)cc12. The number of nitrogens with one attached hydrogen (secondary N) is 3. The molecule has 6 rings (SSSR count). The molecule has 5 aromatic rings. The smallest absolute Gasteiger partial charge is 0.131 e. The van der Waals surface area contributed by atoms with Gasteiger partial charge in [-0.25, -0.2) is 4.39 Å². The average Bonchev–Trinajstić information content (AvgIpc) is 3.43. The number of rotatable bonds is 3. The molecular weight excluding hydrogens is 387 g/mol. The molecule has 3 N–H and O–H groups in total. The van der Waals surface area contributed by atoms with E-state index in [0.29, 0.717) is 11.5 Å². The van der Waals surface area contributed by atoms with Gasteiger partial charge in [-0.3, -0.25) is 5.10 Å². The van der Waals surface area contributed by atoms with E-state index in [9.17, 15) is 4.39 Å². The van der Waals surface area contributed by atoms with Crippen LogP contribution in [0.2, 0.25) is 0 Å². The number of hydrogen-bond acceptors (Lipinski definition) is 2. The summed E-state index contributed by atoms with van der Waals surface area (Å²) in [5.74, 6) is 0.373. The van der Waals surface area contributed by atoms with E-state index in [1.807, 2.05) is 30.3 Å². The lowest BCUT2D eigenvalue weighted by Gasteiger charge is -2.23. The molecule has 0 spiro atoms. The number of hydrogen-bond donors (Lipinski definition) is 3. The first-order chi connectivity index (χ1) is 15.3. The molecule has 0 amide bonds. The standard InChI is InChI=1S/C26H23FN4/c27-22-6-2-1-4-19(22)18-5-3-7-23-20(18)15-25(29-23)26-21-14-17(8-9-24(21)30-31-26)16-10-12-28-13-11-16/h1-9,14-16,28-29H,10-13H2,(H,30,31). The van der Waals surface area contributed by atoms with Crippen LogP contribution >= 0.6 is 0 Å². The predicted octanol–water partition coefficient (Wildman–Crippen LogP) is 5.98. The van der Waals surface area contributed by atoms with Crippen molar-refractivity contribution >= 4 is 21.8 Å². The summed E-state index contributed by atoms with van der Waals surface area (Å²) in [7, 11) is 0. The molecule has 1 saturated heterocycles. The van der Waals surface area contributed by atoms with Gasteiger partial charge >= 0.3 is 0 Å². The van der Waals surface area contributed by atoms with Gasteiger partial charge in [0.1, 0.15) is 11.5 Å². The maximum Gasteiger partial charge on any atom is 0.131 e. The normalized spacial score (nSPS) is 15.1. The summed E-state index contributed by atoms with van der Waals surface area (Å²) in [6.45, 7) is 2.14. The van der Waals surface area contributed by atoms with Crippen LogP contribution in [0.15, 0.2) is 66.7 Å². The molecule has 0 unspecified atom stereocenters. The second-order valence-electron chi connectivity index (χ2n) is 8.33. The van der Waals surface area contributed by atoms with E-state index in [2.05, 4.69) is 44.8 Å². The number of aromatic nitrogens is 3. The second-order valence-corrected chi connectivity index (χ2v) is 8.33. The maximum absolute atomic E-state index is 14.5. The zero-order valence-corrected chi connectivity index (χ0v) is 17.1. The van der Waals surface area contributed by atoms with Crippen molar-refractivity contribution in [3.63, 3.8) is 0 Å². The number of H-pyrrole nitrogens is 2. The van der Waals surface area contributed by atoms with Gasteiger partial charge < -0.3 is 10.3 Å². The molecule has 3 aromatic carbocycles. The quantitative estimate of drug-likeness (QED) is 0.342. The minimum absolute atomic E-state index is 0.213. The zero-order chi connectivity index (χ0) is 20.8. The molecular formula is C26H23FN4. The molecule has 0 atom stereocenters. The largest absolute Gasteiger partial charge is 0.353 e. The highest BCUT2D eigenvalue weighted by Gasteiger charge is 2.18. The lowest BCUT2D eigenvalue weighted by molar-refractivity contribution is 0.460. The van der Waals surface area contributed by atoms with Crippen molar-refractivity contribution in [1.29, 1.82) is 0 Å². The van der Waals surface area contributed by atoms with E-state index in [0.717, 1.165) is 64.7 Å². The fraction of sp³-hybridized carbons (Fsp3) is 0.192. The number of aromatic amines is 2. The van der Waals surface area contributed by atoms with Crippen LogP contribution in [0, 0.1) is 5.82 Å². The van der Waals surface area contributed by atoms with Crippen LogP contribution in [0.3, 0.4) is 0 Å². The third kappa shape index (κ3) is 3.13. The summed E-state index contributed by atoms with van der Waals surface area (Å²) in [5.41, 5.74) is 6.71. The number of benzene rings is 3. The van der Waals surface area contributed by atoms with Crippen LogP contribution < -0.4 is 5.32 Å². The molecule has 3 heterocycles. The predicted molar refractivity (Wildman–Crippen MR) is 124 cm³/mol. The van der Waals surface area contributed by atoms with Gasteiger partial charge in [-0.1, -0.05) is 36.4 Å². The molecule has 1 fully saturated rings. The van der Waals surface area contributed by atoms with Crippen LogP contribution in [0.4, 0.5) is 4.39 Å². The van der Waals surface area contributed by atoms with E-state index in [4.69, 9.17) is 0 Å². The topological polar surface area (TPSA) is 56.5 Å². The van der Waals surface area contributed by atoms with Gasteiger partial charge in [0.2, 0.25) is 0 Å². The minimum atomic E-state index is -0.213. The van der Waals surface area contributed by atoms with E-state index in [-0.39, 0.29) is 5.82 Å². The van der Waals surface area contributed by atoms with Gasteiger partial charge in [0.25, 0.3) is 0 Å². The van der Waals surface area contributed by atoms with Gasteiger partial charge in [0.05, 0.1) is 11.2 Å². The Morgan fingerprint density at radius 3 is 2.52 bits per heavy atom. The van der Waals surface area contributed by atoms with Crippen molar-refractivity contribution in [2.24, 2.45) is 0 Å². The lowest BCUT2D eigenvalue weighted by Crippen LogP contribution is -2.26. The second kappa shape index (κ2) is 7.36. The van der Waals surface area contributed by atoms with Crippen LogP contribution in [0.1, 0.15) is 24.3 Å². The Labute approximate surface area is 179 Å². The van der Waals surface area contributed by atoms with Gasteiger partial charge in [-0.2, -0.15) is 5.10 Å².